The van der Waals surface area contributed by atoms with Crippen LogP contribution in [0.3, 0.4) is 0 Å². The molecule has 0 aromatic carbocycles. The molecule has 1 amide bonds. The van der Waals surface area contributed by atoms with Crippen LogP contribution in [0.4, 0.5) is 5.00 Å². The number of anilines is 1. The number of nitrogens with zero attached hydrogens (tertiary/aromatic N) is 3. The van der Waals surface area contributed by atoms with E-state index in [4.69, 9.17) is 5.73 Å². The molecule has 3 N–H and O–H groups in total. The van der Waals surface area contributed by atoms with Crippen LogP contribution in [0.2, 0.25) is 0 Å². The molecular formula is C7H13N5OS. The van der Waals surface area contributed by atoms with E-state index in [1.807, 2.05) is 14.1 Å². The monoisotopic (exact) mass is 215 g/mol. The summed E-state index contributed by atoms with van der Waals surface area (Å²) >= 11 is 1.30. The van der Waals surface area contributed by atoms with Crippen molar-refractivity contribution >= 4 is 22.4 Å². The van der Waals surface area contributed by atoms with E-state index in [2.05, 4.69) is 14.9 Å². The molecular weight excluding hydrogens is 202 g/mol. The van der Waals surface area contributed by atoms with E-state index in [-0.39, 0.29) is 12.5 Å². The van der Waals surface area contributed by atoms with Crippen LogP contribution >= 0.6 is 11.5 Å². The van der Waals surface area contributed by atoms with Gasteiger partial charge in [-0.2, -0.15) is 0 Å². The SMILES string of the molecule is CNc1snnc1CN(C)CC(N)=O. The largest absolute Gasteiger partial charge is 0.377 e. The van der Waals surface area contributed by atoms with Gasteiger partial charge >= 0.3 is 0 Å². The Labute approximate surface area is 86.3 Å². The molecule has 0 saturated heterocycles. The van der Waals surface area contributed by atoms with Crippen molar-refractivity contribution in [3.05, 3.63) is 5.69 Å². The highest BCUT2D eigenvalue weighted by Crippen LogP contribution is 2.17. The van der Waals surface area contributed by atoms with Crippen LogP contribution in [0.1, 0.15) is 5.69 Å². The summed E-state index contributed by atoms with van der Waals surface area (Å²) in [4.78, 5) is 12.4. The molecule has 6 nitrogen and oxygen atoms in total. The molecule has 1 aromatic heterocycles. The Balaban J connectivity index is 2.55. The lowest BCUT2D eigenvalue weighted by atomic mass is 10.4. The number of carbonyl (C=O) groups is 1. The first-order valence-electron chi connectivity index (χ1n) is 4.09. The maximum Gasteiger partial charge on any atom is 0.231 e. The van der Waals surface area contributed by atoms with Gasteiger partial charge < -0.3 is 11.1 Å². The van der Waals surface area contributed by atoms with Gasteiger partial charge in [0.15, 0.2) is 0 Å². The van der Waals surface area contributed by atoms with Gasteiger partial charge in [0.1, 0.15) is 10.7 Å². The predicted octanol–water partition coefficient (Wildman–Crippen LogP) is -0.503. The second kappa shape index (κ2) is 4.87. The van der Waals surface area contributed by atoms with Crippen LogP contribution in [0.15, 0.2) is 0 Å². The Morgan fingerprint density at radius 3 is 3.00 bits per heavy atom. The van der Waals surface area contributed by atoms with Gasteiger partial charge in [0.05, 0.1) is 6.54 Å². The quantitative estimate of drug-likeness (QED) is 0.691. The van der Waals surface area contributed by atoms with Gasteiger partial charge in [-0.3, -0.25) is 9.69 Å². The summed E-state index contributed by atoms with van der Waals surface area (Å²) in [5, 5.41) is 7.85. The molecule has 1 aromatic rings. The van der Waals surface area contributed by atoms with Gasteiger partial charge in [-0.05, 0) is 7.05 Å². The summed E-state index contributed by atoms with van der Waals surface area (Å²) < 4.78 is 3.81. The van der Waals surface area contributed by atoms with Gasteiger partial charge in [-0.1, -0.05) is 4.49 Å². The van der Waals surface area contributed by atoms with E-state index < -0.39 is 0 Å². The fourth-order valence-electron chi connectivity index (χ4n) is 1.08. The van der Waals surface area contributed by atoms with Gasteiger partial charge in [0.2, 0.25) is 5.91 Å². The minimum absolute atomic E-state index is 0.223. The van der Waals surface area contributed by atoms with Gasteiger partial charge in [-0.15, -0.1) is 5.10 Å². The number of nitrogens with one attached hydrogen (secondary N) is 1. The second-order valence-corrected chi connectivity index (χ2v) is 3.69. The van der Waals surface area contributed by atoms with Crippen molar-refractivity contribution in [2.75, 3.05) is 26.0 Å². The van der Waals surface area contributed by atoms with Crippen molar-refractivity contribution in [3.8, 4) is 0 Å². The maximum absolute atomic E-state index is 10.6. The standard InChI is InChI=1S/C7H13N5OS/c1-9-7-5(10-11-14-7)3-12(2)4-6(8)13/h9H,3-4H2,1-2H3,(H2,8,13). The van der Waals surface area contributed by atoms with E-state index in [1.165, 1.54) is 11.5 Å². The summed E-state index contributed by atoms with van der Waals surface area (Å²) in [5.74, 6) is -0.346. The number of hydrogen-bond donors (Lipinski definition) is 2. The minimum Gasteiger partial charge on any atom is -0.377 e. The topological polar surface area (TPSA) is 84.1 Å². The number of aromatic nitrogens is 2. The number of amides is 1. The summed E-state index contributed by atoms with van der Waals surface area (Å²) in [6.45, 7) is 0.788. The summed E-state index contributed by atoms with van der Waals surface area (Å²) in [6, 6.07) is 0. The van der Waals surface area contributed by atoms with E-state index in [9.17, 15) is 4.79 Å². The van der Waals surface area contributed by atoms with E-state index in [1.54, 1.807) is 4.90 Å². The molecule has 0 fully saturated rings. The van der Waals surface area contributed by atoms with Crippen LogP contribution in [0, 0.1) is 0 Å². The molecule has 1 heterocycles. The molecule has 0 radical (unpaired) electrons. The molecule has 0 aliphatic carbocycles. The van der Waals surface area contributed by atoms with Crippen LogP contribution < -0.4 is 11.1 Å². The van der Waals surface area contributed by atoms with Crippen molar-refractivity contribution in [2.24, 2.45) is 5.73 Å². The van der Waals surface area contributed by atoms with Gasteiger partial charge in [0.25, 0.3) is 0 Å². The molecule has 7 heteroatoms. The third-order valence-electron chi connectivity index (χ3n) is 1.63. The predicted molar refractivity (Wildman–Crippen MR) is 55.0 cm³/mol. The molecule has 0 unspecified atom stereocenters. The average molecular weight is 215 g/mol. The molecule has 78 valence electrons. The molecule has 14 heavy (non-hydrogen) atoms. The first-order valence-corrected chi connectivity index (χ1v) is 4.86. The Morgan fingerprint density at radius 2 is 2.43 bits per heavy atom. The first kappa shape index (κ1) is 10.9. The highest BCUT2D eigenvalue weighted by molar-refractivity contribution is 7.10. The van der Waals surface area contributed by atoms with E-state index in [0.717, 1.165) is 10.7 Å². The zero-order valence-electron chi connectivity index (χ0n) is 8.15. The Hall–Kier alpha value is -1.21. The minimum atomic E-state index is -0.346. The number of likely N-dealkylation sites (N-methyl/N-ethyl adjacent to an activating group) is 1. The van der Waals surface area contributed by atoms with Crippen molar-refractivity contribution < 1.29 is 4.79 Å². The maximum atomic E-state index is 10.6. The molecule has 0 aliphatic rings. The summed E-state index contributed by atoms with van der Waals surface area (Å²) in [6.07, 6.45) is 0. The second-order valence-electron chi connectivity index (χ2n) is 2.94. The lowest BCUT2D eigenvalue weighted by molar-refractivity contribution is -0.118. The lowest BCUT2D eigenvalue weighted by Crippen LogP contribution is -2.30. The summed E-state index contributed by atoms with van der Waals surface area (Å²) in [5.41, 5.74) is 5.90. The van der Waals surface area contributed by atoms with Crippen molar-refractivity contribution in [1.29, 1.82) is 0 Å². The van der Waals surface area contributed by atoms with Crippen LogP contribution in [0.5, 0.6) is 0 Å². The smallest absolute Gasteiger partial charge is 0.231 e. The molecule has 1 rings (SSSR count). The van der Waals surface area contributed by atoms with Crippen LogP contribution in [-0.2, 0) is 11.3 Å². The number of rotatable bonds is 5. The molecule has 0 atom stereocenters. The zero-order chi connectivity index (χ0) is 10.6. The highest BCUT2D eigenvalue weighted by Gasteiger charge is 2.10. The first-order chi connectivity index (χ1) is 6.63. The van der Waals surface area contributed by atoms with Crippen LogP contribution in [-0.4, -0.2) is 41.0 Å². The highest BCUT2D eigenvalue weighted by atomic mass is 32.1. The van der Waals surface area contributed by atoms with E-state index >= 15 is 0 Å². The van der Waals surface area contributed by atoms with Crippen molar-refractivity contribution in [2.45, 2.75) is 6.54 Å². The zero-order valence-corrected chi connectivity index (χ0v) is 8.97. The molecule has 0 aliphatic heterocycles. The third-order valence-corrected chi connectivity index (χ3v) is 2.41. The molecule has 0 saturated carbocycles. The molecule has 0 bridgehead atoms. The number of carbonyl (C=O) groups excluding carboxylic acids is 1. The fraction of sp³-hybridized carbons (Fsp3) is 0.571. The Morgan fingerprint density at radius 1 is 1.71 bits per heavy atom. The fourth-order valence-corrected chi connectivity index (χ4v) is 1.60. The van der Waals surface area contributed by atoms with Crippen LogP contribution in [0.25, 0.3) is 0 Å². The Bertz CT molecular complexity index is 313. The number of hydrogen-bond acceptors (Lipinski definition) is 6. The Kier molecular flexibility index (Phi) is 3.78. The van der Waals surface area contributed by atoms with Gasteiger partial charge in [-0.25, -0.2) is 0 Å². The third kappa shape index (κ3) is 2.93. The normalized spacial score (nSPS) is 10.5. The van der Waals surface area contributed by atoms with Crippen molar-refractivity contribution in [3.63, 3.8) is 0 Å². The van der Waals surface area contributed by atoms with Gasteiger partial charge in [0, 0.05) is 25.1 Å². The summed E-state index contributed by atoms with van der Waals surface area (Å²) in [7, 11) is 3.62. The number of nitrogens with two attached hydrogens (primary N) is 1. The van der Waals surface area contributed by atoms with Crippen molar-refractivity contribution in [1.82, 2.24) is 14.5 Å². The lowest BCUT2D eigenvalue weighted by Gasteiger charge is -2.12. The number of primary amides is 1. The molecule has 0 spiro atoms. The average Bonchev–Trinajstić information content (AvgIpc) is 2.50. The van der Waals surface area contributed by atoms with E-state index in [0.29, 0.717) is 6.54 Å².